The molecule has 1 N–H and O–H groups in total. The van der Waals surface area contributed by atoms with E-state index in [2.05, 4.69) is 44.9 Å². The minimum Gasteiger partial charge on any atom is -0.379 e. The zero-order valence-corrected chi connectivity index (χ0v) is 15.0. The summed E-state index contributed by atoms with van der Waals surface area (Å²) in [6, 6.07) is 0.194. The van der Waals surface area contributed by atoms with Gasteiger partial charge >= 0.3 is 0 Å². The Morgan fingerprint density at radius 1 is 1.38 bits per heavy atom. The van der Waals surface area contributed by atoms with Gasteiger partial charge < -0.3 is 10.1 Å². The van der Waals surface area contributed by atoms with E-state index in [1.54, 1.807) is 0 Å². The van der Waals surface area contributed by atoms with Crippen LogP contribution in [0, 0.1) is 5.92 Å². The Labute approximate surface area is 136 Å². The molecule has 0 bridgehead atoms. The summed E-state index contributed by atoms with van der Waals surface area (Å²) in [5.74, 6) is 0.639. The van der Waals surface area contributed by atoms with E-state index >= 15 is 0 Å². The number of ether oxygens (including phenoxy) is 1. The Bertz CT molecular complexity index is 429. The summed E-state index contributed by atoms with van der Waals surface area (Å²) >= 11 is 3.67. The molecule has 1 aromatic heterocycles. The van der Waals surface area contributed by atoms with Crippen LogP contribution in [0.3, 0.4) is 0 Å². The van der Waals surface area contributed by atoms with Crippen molar-refractivity contribution < 1.29 is 4.74 Å². The first kappa shape index (κ1) is 17.0. The van der Waals surface area contributed by atoms with E-state index in [1.807, 2.05) is 13.3 Å². The highest BCUT2D eigenvalue weighted by atomic mass is 79.9. The molecule has 1 heterocycles. The molecule has 1 aliphatic rings. The average Bonchev–Trinajstić information content (AvgIpc) is 2.89. The van der Waals surface area contributed by atoms with Crippen LogP contribution in [0.4, 0.5) is 0 Å². The zero-order chi connectivity index (χ0) is 15.2. The van der Waals surface area contributed by atoms with Gasteiger partial charge in [0.25, 0.3) is 0 Å². The van der Waals surface area contributed by atoms with Crippen LogP contribution in [0.15, 0.2) is 10.7 Å². The number of aromatic nitrogens is 2. The third-order valence-corrected chi connectivity index (χ3v) is 5.18. The van der Waals surface area contributed by atoms with Gasteiger partial charge in [0.05, 0.1) is 28.5 Å². The first-order chi connectivity index (χ1) is 10.2. The molecule has 0 radical (unpaired) electrons. The number of aryl methyl sites for hydroxylation is 1. The minimum absolute atomic E-state index is 0.194. The number of hydrogen-bond acceptors (Lipinski definition) is 3. The van der Waals surface area contributed by atoms with Crippen LogP contribution in [0.5, 0.6) is 0 Å². The first-order valence-corrected chi connectivity index (χ1v) is 8.99. The fraction of sp³-hybridized carbons (Fsp3) is 0.812. The molecule has 0 aromatic carbocycles. The second-order valence-corrected chi connectivity index (χ2v) is 6.68. The molecule has 0 amide bonds. The van der Waals surface area contributed by atoms with Gasteiger partial charge in [0.1, 0.15) is 0 Å². The van der Waals surface area contributed by atoms with E-state index in [1.165, 1.54) is 37.8 Å². The van der Waals surface area contributed by atoms with Crippen molar-refractivity contribution in [1.29, 1.82) is 0 Å². The van der Waals surface area contributed by atoms with Crippen molar-refractivity contribution in [2.45, 2.75) is 64.6 Å². The third kappa shape index (κ3) is 3.88. The van der Waals surface area contributed by atoms with Crippen molar-refractivity contribution in [1.82, 2.24) is 15.1 Å². The summed E-state index contributed by atoms with van der Waals surface area (Å²) in [5.41, 5.74) is 1.22. The lowest BCUT2D eigenvalue weighted by molar-refractivity contribution is 0.00560. The van der Waals surface area contributed by atoms with E-state index in [0.717, 1.165) is 17.6 Å². The Kier molecular flexibility index (Phi) is 6.71. The molecule has 2 unspecified atom stereocenters. The number of hydrogen-bond donors (Lipinski definition) is 1. The molecule has 1 saturated carbocycles. The predicted molar refractivity (Wildman–Crippen MR) is 89.4 cm³/mol. The molecule has 2 atom stereocenters. The SMILES string of the molecule is CCNC(c1c(Br)cnn1CC)C(OC)C1CCCCC1. The van der Waals surface area contributed by atoms with Crippen LogP contribution in [0.2, 0.25) is 0 Å². The number of nitrogens with one attached hydrogen (secondary N) is 1. The highest BCUT2D eigenvalue weighted by Gasteiger charge is 2.34. The van der Waals surface area contributed by atoms with Crippen molar-refractivity contribution in [2.24, 2.45) is 5.92 Å². The van der Waals surface area contributed by atoms with Crippen LogP contribution >= 0.6 is 15.9 Å². The van der Waals surface area contributed by atoms with Gasteiger partial charge in [0.2, 0.25) is 0 Å². The summed E-state index contributed by atoms with van der Waals surface area (Å²) in [6.45, 7) is 6.10. The molecule has 1 fully saturated rings. The quantitative estimate of drug-likeness (QED) is 0.803. The maximum absolute atomic E-state index is 5.96. The summed E-state index contributed by atoms with van der Waals surface area (Å²) in [5, 5.41) is 8.11. The smallest absolute Gasteiger partial charge is 0.0809 e. The van der Waals surface area contributed by atoms with Crippen molar-refractivity contribution in [3.8, 4) is 0 Å². The first-order valence-electron chi connectivity index (χ1n) is 8.20. The van der Waals surface area contributed by atoms with E-state index in [-0.39, 0.29) is 12.1 Å². The number of methoxy groups -OCH3 is 1. The molecular formula is C16H28BrN3O. The summed E-state index contributed by atoms with van der Waals surface area (Å²) in [4.78, 5) is 0. The van der Waals surface area contributed by atoms with Crippen LogP contribution in [0.25, 0.3) is 0 Å². The van der Waals surface area contributed by atoms with Gasteiger partial charge in [-0.3, -0.25) is 4.68 Å². The molecule has 4 nitrogen and oxygen atoms in total. The van der Waals surface area contributed by atoms with Gasteiger partial charge in [-0.1, -0.05) is 26.2 Å². The lowest BCUT2D eigenvalue weighted by atomic mass is 9.81. The topological polar surface area (TPSA) is 39.1 Å². The molecule has 5 heteroatoms. The van der Waals surface area contributed by atoms with Crippen LogP contribution < -0.4 is 5.32 Å². The third-order valence-electron chi connectivity index (χ3n) is 4.57. The lowest BCUT2D eigenvalue weighted by Crippen LogP contribution is -2.40. The highest BCUT2D eigenvalue weighted by molar-refractivity contribution is 9.10. The fourth-order valence-corrected chi connectivity index (χ4v) is 4.13. The van der Waals surface area contributed by atoms with Crippen molar-refractivity contribution >= 4 is 15.9 Å². The number of likely N-dealkylation sites (N-methyl/N-ethyl adjacent to an activating group) is 1. The van der Waals surface area contributed by atoms with Crippen LogP contribution in [-0.4, -0.2) is 29.5 Å². The van der Waals surface area contributed by atoms with Crippen LogP contribution in [0.1, 0.15) is 57.7 Å². The highest BCUT2D eigenvalue weighted by Crippen LogP contribution is 2.36. The number of nitrogens with zero attached hydrogens (tertiary/aromatic N) is 2. The second kappa shape index (κ2) is 8.30. The predicted octanol–water partition coefficient (Wildman–Crippen LogP) is 3.91. The number of halogens is 1. The van der Waals surface area contributed by atoms with E-state index < -0.39 is 0 Å². The van der Waals surface area contributed by atoms with Gasteiger partial charge in [-0.25, -0.2) is 0 Å². The molecular weight excluding hydrogens is 330 g/mol. The summed E-state index contributed by atoms with van der Waals surface area (Å²) < 4.78 is 9.11. The molecule has 120 valence electrons. The van der Waals surface area contributed by atoms with Crippen LogP contribution in [-0.2, 0) is 11.3 Å². The monoisotopic (exact) mass is 357 g/mol. The molecule has 1 aliphatic carbocycles. The maximum atomic E-state index is 5.96. The van der Waals surface area contributed by atoms with Crippen molar-refractivity contribution in [2.75, 3.05) is 13.7 Å². The molecule has 2 rings (SSSR count). The standard InChI is InChI=1S/C16H28BrN3O/c1-4-18-14(15-13(17)11-19-20(15)5-2)16(21-3)12-9-7-6-8-10-12/h11-12,14,16,18H,4-10H2,1-3H3. The van der Waals surface area contributed by atoms with Gasteiger partial charge in [-0.2, -0.15) is 5.10 Å². The Morgan fingerprint density at radius 3 is 2.67 bits per heavy atom. The average molecular weight is 358 g/mol. The Morgan fingerprint density at radius 2 is 2.10 bits per heavy atom. The van der Waals surface area contributed by atoms with E-state index in [9.17, 15) is 0 Å². The van der Waals surface area contributed by atoms with Gasteiger partial charge in [-0.05, 0) is 48.2 Å². The molecule has 1 aromatic rings. The van der Waals surface area contributed by atoms with Gasteiger partial charge in [0.15, 0.2) is 0 Å². The molecule has 21 heavy (non-hydrogen) atoms. The van der Waals surface area contributed by atoms with Crippen molar-refractivity contribution in [3.05, 3.63) is 16.4 Å². The van der Waals surface area contributed by atoms with Gasteiger partial charge in [0, 0.05) is 13.7 Å². The minimum atomic E-state index is 0.194. The molecule has 0 saturated heterocycles. The summed E-state index contributed by atoms with van der Waals surface area (Å²) in [7, 11) is 1.85. The lowest BCUT2D eigenvalue weighted by Gasteiger charge is -2.35. The zero-order valence-electron chi connectivity index (χ0n) is 13.4. The molecule has 0 aliphatic heterocycles. The van der Waals surface area contributed by atoms with Gasteiger partial charge in [-0.15, -0.1) is 0 Å². The summed E-state index contributed by atoms with van der Waals surface area (Å²) in [6.07, 6.45) is 8.70. The maximum Gasteiger partial charge on any atom is 0.0809 e. The fourth-order valence-electron chi connectivity index (χ4n) is 3.58. The Balaban J connectivity index is 2.28. The molecule has 0 spiro atoms. The Hall–Kier alpha value is -0.390. The normalized spacial score (nSPS) is 19.6. The number of rotatable bonds is 7. The van der Waals surface area contributed by atoms with E-state index in [4.69, 9.17) is 4.74 Å². The van der Waals surface area contributed by atoms with Crippen molar-refractivity contribution in [3.63, 3.8) is 0 Å². The second-order valence-electron chi connectivity index (χ2n) is 5.83. The van der Waals surface area contributed by atoms with E-state index in [0.29, 0.717) is 5.92 Å². The largest absolute Gasteiger partial charge is 0.379 e.